The first-order valence-electron chi connectivity index (χ1n) is 7.01. The first-order valence-corrected chi connectivity index (χ1v) is 11.6. The second kappa shape index (κ2) is 8.56. The van der Waals surface area contributed by atoms with E-state index in [9.17, 15) is 0 Å². The summed E-state index contributed by atoms with van der Waals surface area (Å²) in [5, 5.41) is 0.263. The number of thiocarbonyl (C=S) groups is 1. The molecule has 20 heavy (non-hydrogen) atoms. The third-order valence-electron chi connectivity index (χ3n) is 3.67. The van der Waals surface area contributed by atoms with E-state index in [4.69, 9.17) is 21.4 Å². The monoisotopic (exact) mass is 334 g/mol. The van der Waals surface area contributed by atoms with Crippen molar-refractivity contribution in [3.05, 3.63) is 11.6 Å². The van der Waals surface area contributed by atoms with Gasteiger partial charge in [-0.05, 0) is 55.0 Å². The van der Waals surface area contributed by atoms with E-state index in [-0.39, 0.29) is 5.04 Å². The van der Waals surface area contributed by atoms with Crippen molar-refractivity contribution in [2.24, 2.45) is 5.92 Å². The van der Waals surface area contributed by atoms with Crippen LogP contribution in [0.3, 0.4) is 0 Å². The molecule has 0 aliphatic carbocycles. The summed E-state index contributed by atoms with van der Waals surface area (Å²) in [7, 11) is -1.65. The van der Waals surface area contributed by atoms with Gasteiger partial charge in [0.2, 0.25) is 4.38 Å². The zero-order valence-corrected chi connectivity index (χ0v) is 16.8. The molecule has 1 atom stereocenters. The number of hydrogen-bond acceptors (Lipinski definition) is 4. The number of rotatable bonds is 6. The highest BCUT2D eigenvalue weighted by Gasteiger charge is 2.37. The third kappa shape index (κ3) is 7.81. The maximum absolute atomic E-state index is 6.23. The van der Waals surface area contributed by atoms with E-state index >= 15 is 0 Å². The van der Waals surface area contributed by atoms with Crippen molar-refractivity contribution < 1.29 is 9.16 Å². The Balaban J connectivity index is 4.28. The van der Waals surface area contributed by atoms with E-state index in [0.29, 0.717) is 16.9 Å². The maximum atomic E-state index is 6.23. The fraction of sp³-hybridized carbons (Fsp3) is 0.800. The predicted molar refractivity (Wildman–Crippen MR) is 98.1 cm³/mol. The lowest BCUT2D eigenvalue weighted by Crippen LogP contribution is -2.41. The van der Waals surface area contributed by atoms with Crippen LogP contribution < -0.4 is 0 Å². The van der Waals surface area contributed by atoms with Crippen molar-refractivity contribution in [3.63, 3.8) is 0 Å². The van der Waals surface area contributed by atoms with Crippen molar-refractivity contribution in [2.75, 3.05) is 19.5 Å². The van der Waals surface area contributed by atoms with Crippen LogP contribution in [-0.4, -0.2) is 32.2 Å². The molecule has 0 aromatic heterocycles. The second-order valence-corrected chi connectivity index (χ2v) is 13.0. The van der Waals surface area contributed by atoms with Gasteiger partial charge >= 0.3 is 0 Å². The van der Waals surface area contributed by atoms with Crippen molar-refractivity contribution in [3.8, 4) is 0 Å². The fourth-order valence-corrected chi connectivity index (χ4v) is 2.72. The van der Waals surface area contributed by atoms with Crippen LogP contribution in [0.5, 0.6) is 0 Å². The van der Waals surface area contributed by atoms with Gasteiger partial charge in [-0.15, -0.1) is 0 Å². The van der Waals surface area contributed by atoms with Crippen LogP contribution >= 0.6 is 24.0 Å². The Morgan fingerprint density at radius 3 is 2.35 bits per heavy atom. The van der Waals surface area contributed by atoms with Crippen LogP contribution in [0.25, 0.3) is 0 Å². The highest BCUT2D eigenvalue weighted by atomic mass is 32.2. The number of ether oxygens (including phenoxy) is 1. The molecule has 0 aliphatic rings. The zero-order chi connectivity index (χ0) is 16.0. The number of hydrogen-bond donors (Lipinski definition) is 0. The van der Waals surface area contributed by atoms with Crippen molar-refractivity contribution in [2.45, 2.75) is 52.8 Å². The Morgan fingerprint density at radius 2 is 1.90 bits per heavy atom. The van der Waals surface area contributed by atoms with Crippen molar-refractivity contribution in [1.29, 1.82) is 0 Å². The molecule has 0 radical (unpaired) electrons. The standard InChI is InChI=1S/C15H30O2S2Si/c1-12(10-16-14(18)19-6)9-13(2)11-17-20(7,8)15(3,4)5/h9,13H,10-11H2,1-8H3/b12-9+/t13-/m1/s1. The molecule has 0 amide bonds. The van der Waals surface area contributed by atoms with Crippen LogP contribution in [0.4, 0.5) is 0 Å². The lowest BCUT2D eigenvalue weighted by molar-refractivity contribution is 0.258. The molecule has 0 heterocycles. The van der Waals surface area contributed by atoms with Crippen LogP contribution in [0.2, 0.25) is 18.1 Å². The van der Waals surface area contributed by atoms with E-state index < -0.39 is 8.32 Å². The normalized spacial score (nSPS) is 15.1. The Morgan fingerprint density at radius 1 is 1.35 bits per heavy atom. The second-order valence-electron chi connectivity index (χ2n) is 6.80. The molecule has 0 rings (SSSR count). The summed E-state index contributed by atoms with van der Waals surface area (Å²) in [5.41, 5.74) is 1.20. The fourth-order valence-electron chi connectivity index (χ4n) is 1.37. The molecular formula is C15H30O2S2Si. The van der Waals surface area contributed by atoms with Crippen molar-refractivity contribution >= 4 is 36.7 Å². The lowest BCUT2D eigenvalue weighted by Gasteiger charge is -2.36. The third-order valence-corrected chi connectivity index (χ3v) is 9.24. The minimum atomic E-state index is -1.65. The number of thioether (sulfide) groups is 1. The maximum Gasteiger partial charge on any atom is 0.220 e. The Hall–Kier alpha value is 0.157. The molecule has 2 nitrogen and oxygen atoms in total. The summed E-state index contributed by atoms with van der Waals surface area (Å²) in [6.45, 7) is 17.0. The van der Waals surface area contributed by atoms with E-state index in [1.165, 1.54) is 17.3 Å². The van der Waals surface area contributed by atoms with E-state index in [2.05, 4.69) is 53.8 Å². The topological polar surface area (TPSA) is 18.5 Å². The highest BCUT2D eigenvalue weighted by molar-refractivity contribution is 8.22. The summed E-state index contributed by atoms with van der Waals surface area (Å²) in [4.78, 5) is 0. The smallest absolute Gasteiger partial charge is 0.220 e. The minimum Gasteiger partial charge on any atom is -0.474 e. The molecule has 0 fully saturated rings. The molecule has 0 saturated carbocycles. The van der Waals surface area contributed by atoms with Gasteiger partial charge < -0.3 is 9.16 Å². The Bertz CT molecular complexity index is 346. The van der Waals surface area contributed by atoms with Gasteiger partial charge in [-0.25, -0.2) is 0 Å². The highest BCUT2D eigenvalue weighted by Crippen LogP contribution is 2.36. The van der Waals surface area contributed by atoms with Crippen LogP contribution in [-0.2, 0) is 9.16 Å². The average Bonchev–Trinajstić information content (AvgIpc) is 2.32. The summed E-state index contributed by atoms with van der Waals surface area (Å²) in [6.07, 6.45) is 4.15. The van der Waals surface area contributed by atoms with Gasteiger partial charge in [-0.3, -0.25) is 0 Å². The van der Waals surface area contributed by atoms with Crippen molar-refractivity contribution in [1.82, 2.24) is 0 Å². The van der Waals surface area contributed by atoms with E-state index in [0.717, 1.165) is 6.61 Å². The lowest BCUT2D eigenvalue weighted by atomic mass is 10.1. The summed E-state index contributed by atoms with van der Waals surface area (Å²) >= 11 is 6.49. The molecule has 0 aliphatic heterocycles. The first-order chi connectivity index (χ1) is 8.99. The minimum absolute atomic E-state index is 0.263. The molecule has 118 valence electrons. The summed E-state index contributed by atoms with van der Waals surface area (Å²) in [6, 6.07) is 0. The zero-order valence-electron chi connectivity index (χ0n) is 14.2. The van der Waals surface area contributed by atoms with Gasteiger partial charge in [0.05, 0.1) is 0 Å². The van der Waals surface area contributed by atoms with E-state index in [1.807, 2.05) is 6.26 Å². The molecule has 0 bridgehead atoms. The Kier molecular flexibility index (Phi) is 8.63. The van der Waals surface area contributed by atoms with Crippen LogP contribution in [0, 0.1) is 5.92 Å². The average molecular weight is 335 g/mol. The van der Waals surface area contributed by atoms with Gasteiger partial charge in [-0.1, -0.05) is 45.5 Å². The van der Waals surface area contributed by atoms with Gasteiger partial charge in [0, 0.05) is 6.61 Å². The van der Waals surface area contributed by atoms with Gasteiger partial charge in [0.1, 0.15) is 6.61 Å². The molecule has 5 heteroatoms. The van der Waals surface area contributed by atoms with Crippen LogP contribution in [0.1, 0.15) is 34.6 Å². The van der Waals surface area contributed by atoms with Crippen LogP contribution in [0.15, 0.2) is 11.6 Å². The van der Waals surface area contributed by atoms with E-state index in [1.54, 1.807) is 0 Å². The first kappa shape index (κ1) is 20.2. The van der Waals surface area contributed by atoms with Gasteiger partial charge in [-0.2, -0.15) is 0 Å². The largest absolute Gasteiger partial charge is 0.474 e. The molecule has 0 aromatic carbocycles. The summed E-state index contributed by atoms with van der Waals surface area (Å²) in [5.74, 6) is 0.399. The quantitative estimate of drug-likeness (QED) is 0.375. The Labute approximate surface area is 135 Å². The molecule has 0 aromatic rings. The molecule has 0 N–H and O–H groups in total. The molecule has 0 unspecified atom stereocenters. The predicted octanol–water partition coefficient (Wildman–Crippen LogP) is 5.26. The summed E-state index contributed by atoms with van der Waals surface area (Å²) < 4.78 is 12.3. The van der Waals surface area contributed by atoms with Gasteiger partial charge in [0.15, 0.2) is 8.32 Å². The molecule has 0 spiro atoms. The molecule has 0 saturated heterocycles. The SMILES string of the molecule is CSC(=S)OC/C(C)=C/[C@@H](C)CO[Si](C)(C)C(C)(C)C. The molecular weight excluding hydrogens is 304 g/mol. The van der Waals surface area contributed by atoms with Gasteiger partial charge in [0.25, 0.3) is 0 Å².